The summed E-state index contributed by atoms with van der Waals surface area (Å²) in [5, 5.41) is 4.04. The van der Waals surface area contributed by atoms with Crippen LogP contribution in [0.25, 0.3) is 5.65 Å². The molecule has 4 rings (SSSR count). The van der Waals surface area contributed by atoms with Crippen LogP contribution in [0.4, 0.5) is 0 Å². The summed E-state index contributed by atoms with van der Waals surface area (Å²) in [7, 11) is 0. The Bertz CT molecular complexity index is 905. The van der Waals surface area contributed by atoms with Gasteiger partial charge in [0.25, 0.3) is 5.91 Å². The largest absolute Gasteiger partial charge is 0.361 e. The van der Waals surface area contributed by atoms with Gasteiger partial charge < -0.3 is 13.8 Å². The maximum absolute atomic E-state index is 13.0. The van der Waals surface area contributed by atoms with Crippen LogP contribution in [0.2, 0.25) is 0 Å². The number of likely N-dealkylation sites (tertiary alicyclic amines) is 1. The van der Waals surface area contributed by atoms with E-state index in [2.05, 4.69) is 10.1 Å². The minimum Gasteiger partial charge on any atom is -0.361 e. The van der Waals surface area contributed by atoms with Gasteiger partial charge in [-0.05, 0) is 45.2 Å². The lowest BCUT2D eigenvalue weighted by molar-refractivity contribution is 0.0729. The third kappa shape index (κ3) is 2.29. The lowest BCUT2D eigenvalue weighted by Crippen LogP contribution is -2.31. The first kappa shape index (κ1) is 14.9. The Hall–Kier alpha value is -2.63. The average Bonchev–Trinajstić information content (AvgIpc) is 3.25. The van der Waals surface area contributed by atoms with Crippen LogP contribution in [-0.4, -0.2) is 31.9 Å². The van der Waals surface area contributed by atoms with Gasteiger partial charge >= 0.3 is 0 Å². The van der Waals surface area contributed by atoms with Gasteiger partial charge in [-0.15, -0.1) is 0 Å². The second-order valence-electron chi connectivity index (χ2n) is 6.49. The molecule has 1 atom stereocenters. The van der Waals surface area contributed by atoms with Crippen molar-refractivity contribution >= 4 is 11.6 Å². The highest BCUT2D eigenvalue weighted by molar-refractivity contribution is 5.93. The zero-order valence-corrected chi connectivity index (χ0v) is 14.1. The summed E-state index contributed by atoms with van der Waals surface area (Å²) in [5.41, 5.74) is 4.31. The number of nitrogens with zero attached hydrogens (tertiary/aromatic N) is 4. The molecule has 1 saturated heterocycles. The van der Waals surface area contributed by atoms with Gasteiger partial charge in [0.1, 0.15) is 17.1 Å². The van der Waals surface area contributed by atoms with Gasteiger partial charge in [-0.1, -0.05) is 11.2 Å². The molecule has 0 radical (unpaired) electrons. The highest BCUT2D eigenvalue weighted by atomic mass is 16.5. The second-order valence-corrected chi connectivity index (χ2v) is 6.49. The maximum atomic E-state index is 13.0. The maximum Gasteiger partial charge on any atom is 0.274 e. The number of rotatable bonds is 2. The minimum atomic E-state index is -0.0288. The molecule has 24 heavy (non-hydrogen) atoms. The summed E-state index contributed by atoms with van der Waals surface area (Å²) >= 11 is 0. The van der Waals surface area contributed by atoms with Crippen LogP contribution in [-0.2, 0) is 0 Å². The van der Waals surface area contributed by atoms with Gasteiger partial charge in [0.15, 0.2) is 0 Å². The van der Waals surface area contributed by atoms with Crippen molar-refractivity contribution in [3.63, 3.8) is 0 Å². The number of fused-ring (bicyclic) bond motifs is 1. The van der Waals surface area contributed by atoms with E-state index in [-0.39, 0.29) is 11.9 Å². The van der Waals surface area contributed by atoms with Gasteiger partial charge in [0.05, 0.1) is 11.7 Å². The van der Waals surface area contributed by atoms with Crippen LogP contribution in [0, 0.1) is 20.8 Å². The Morgan fingerprint density at radius 2 is 2.08 bits per heavy atom. The molecule has 0 bridgehead atoms. The van der Waals surface area contributed by atoms with E-state index >= 15 is 0 Å². The van der Waals surface area contributed by atoms with E-state index in [4.69, 9.17) is 4.52 Å². The number of amides is 1. The van der Waals surface area contributed by atoms with Gasteiger partial charge in [-0.25, -0.2) is 4.98 Å². The Labute approximate surface area is 140 Å². The van der Waals surface area contributed by atoms with Gasteiger partial charge in [-0.2, -0.15) is 0 Å². The number of aromatic nitrogens is 3. The molecule has 0 aliphatic carbocycles. The number of hydrogen-bond donors (Lipinski definition) is 0. The predicted octanol–water partition coefficient (Wildman–Crippen LogP) is 3.22. The first-order valence-electron chi connectivity index (χ1n) is 8.23. The highest BCUT2D eigenvalue weighted by Crippen LogP contribution is 2.36. The summed E-state index contributed by atoms with van der Waals surface area (Å²) in [5.74, 6) is 0.765. The van der Waals surface area contributed by atoms with Crippen LogP contribution < -0.4 is 0 Å². The first-order valence-corrected chi connectivity index (χ1v) is 8.23. The molecular formula is C18H20N4O2. The van der Waals surface area contributed by atoms with E-state index in [1.54, 1.807) is 0 Å². The van der Waals surface area contributed by atoms with Crippen LogP contribution >= 0.6 is 0 Å². The number of aryl methyl sites for hydroxylation is 3. The molecule has 124 valence electrons. The lowest BCUT2D eigenvalue weighted by Gasteiger charge is -2.23. The molecule has 0 saturated carbocycles. The minimum absolute atomic E-state index is 0.0234. The van der Waals surface area contributed by atoms with Crippen molar-refractivity contribution in [1.29, 1.82) is 0 Å². The molecule has 1 fully saturated rings. The number of hydrogen-bond acceptors (Lipinski definition) is 4. The Morgan fingerprint density at radius 1 is 1.25 bits per heavy atom. The smallest absolute Gasteiger partial charge is 0.274 e. The number of pyridine rings is 1. The van der Waals surface area contributed by atoms with Gasteiger partial charge in [0.2, 0.25) is 0 Å². The van der Waals surface area contributed by atoms with Crippen molar-refractivity contribution in [3.05, 3.63) is 52.8 Å². The Balaban J connectivity index is 1.69. The van der Waals surface area contributed by atoms with Crippen LogP contribution in [0.1, 0.15) is 52.0 Å². The average molecular weight is 324 g/mol. The normalized spacial score (nSPS) is 17.8. The quantitative estimate of drug-likeness (QED) is 0.726. The summed E-state index contributed by atoms with van der Waals surface area (Å²) in [6.07, 6.45) is 5.70. The third-order valence-electron chi connectivity index (χ3n) is 4.75. The summed E-state index contributed by atoms with van der Waals surface area (Å²) < 4.78 is 7.20. The zero-order chi connectivity index (χ0) is 16.8. The van der Waals surface area contributed by atoms with Crippen molar-refractivity contribution in [2.45, 2.75) is 39.7 Å². The predicted molar refractivity (Wildman–Crippen MR) is 88.9 cm³/mol. The molecule has 6 heteroatoms. The molecule has 0 unspecified atom stereocenters. The molecule has 1 aliphatic heterocycles. The highest BCUT2D eigenvalue weighted by Gasteiger charge is 2.35. The van der Waals surface area contributed by atoms with Gasteiger partial charge in [0, 0.05) is 24.5 Å². The molecular weight excluding hydrogens is 304 g/mol. The van der Waals surface area contributed by atoms with Crippen molar-refractivity contribution in [2.75, 3.05) is 6.54 Å². The van der Waals surface area contributed by atoms with E-state index in [1.165, 1.54) is 0 Å². The first-order chi connectivity index (χ1) is 11.5. The molecule has 3 aromatic rings. The molecule has 1 aliphatic rings. The standard InChI is InChI=1S/C18H20N4O2/c1-11-6-7-16-19-14(10-21(16)9-11)18(23)22-8-4-5-15(22)17-12(2)20-24-13(17)3/h6-7,9-10,15H,4-5,8H2,1-3H3/t15-/m1/s1. The zero-order valence-electron chi connectivity index (χ0n) is 14.1. The van der Waals surface area contributed by atoms with Crippen molar-refractivity contribution in [1.82, 2.24) is 19.4 Å². The van der Waals surface area contributed by atoms with Gasteiger partial charge in [-0.3, -0.25) is 4.79 Å². The fraction of sp³-hybridized carbons (Fsp3) is 0.389. The van der Waals surface area contributed by atoms with Crippen molar-refractivity contribution in [3.8, 4) is 0 Å². The van der Waals surface area contributed by atoms with E-state index < -0.39 is 0 Å². The summed E-state index contributed by atoms with van der Waals surface area (Å²) in [6.45, 7) is 6.60. The SMILES string of the molecule is Cc1ccc2nc(C(=O)N3CCC[C@@H]3c3c(C)noc3C)cn2c1. The van der Waals surface area contributed by atoms with E-state index in [1.807, 2.05) is 54.6 Å². The molecule has 0 N–H and O–H groups in total. The molecule has 6 nitrogen and oxygen atoms in total. The third-order valence-corrected chi connectivity index (χ3v) is 4.75. The molecule has 0 aromatic carbocycles. The summed E-state index contributed by atoms with van der Waals surface area (Å²) in [4.78, 5) is 19.4. The molecule has 3 aromatic heterocycles. The second kappa shape index (κ2) is 5.47. The summed E-state index contributed by atoms with van der Waals surface area (Å²) in [6, 6.07) is 3.95. The molecule has 0 spiro atoms. The van der Waals surface area contributed by atoms with Crippen LogP contribution in [0.5, 0.6) is 0 Å². The van der Waals surface area contributed by atoms with Crippen molar-refractivity contribution < 1.29 is 9.32 Å². The fourth-order valence-corrected chi connectivity index (χ4v) is 3.63. The van der Waals surface area contributed by atoms with Crippen LogP contribution in [0.3, 0.4) is 0 Å². The topological polar surface area (TPSA) is 63.6 Å². The Morgan fingerprint density at radius 3 is 2.83 bits per heavy atom. The van der Waals surface area contributed by atoms with Crippen molar-refractivity contribution in [2.24, 2.45) is 0 Å². The molecule has 1 amide bonds. The molecule has 4 heterocycles. The van der Waals surface area contributed by atoms with E-state index in [9.17, 15) is 4.79 Å². The monoisotopic (exact) mass is 324 g/mol. The Kier molecular flexibility index (Phi) is 3.40. The number of carbonyl (C=O) groups is 1. The fourth-order valence-electron chi connectivity index (χ4n) is 3.63. The lowest BCUT2D eigenvalue weighted by atomic mass is 10.0. The number of imidazole rings is 1. The van der Waals surface area contributed by atoms with Crippen LogP contribution in [0.15, 0.2) is 29.0 Å². The number of carbonyl (C=O) groups excluding carboxylic acids is 1. The van der Waals surface area contributed by atoms with E-state index in [0.717, 1.165) is 47.6 Å². The van der Waals surface area contributed by atoms with E-state index in [0.29, 0.717) is 5.69 Å².